The number of carbonyl (C=O) groups excluding carboxylic acids is 4. The van der Waals surface area contributed by atoms with Gasteiger partial charge in [0.25, 0.3) is 21.9 Å². The number of piperidine rings is 2. The predicted octanol–water partition coefficient (Wildman–Crippen LogP) is 9.00. The average Bonchev–Trinajstić information content (AvgIpc) is 2.54. The number of aliphatic hydroxyl groups excluding tert-OH is 2. The van der Waals surface area contributed by atoms with E-state index in [1.165, 1.54) is 25.7 Å². The number of hydrogen-bond acceptors (Lipinski definition) is 14. The van der Waals surface area contributed by atoms with Crippen LogP contribution in [0.5, 0.6) is 11.5 Å². The number of aromatic hydroxyl groups is 2. The number of β-amino-alcohol motifs (C(OH)–C–C–N with tert-alkyl or cyclic N) is 2. The summed E-state index contributed by atoms with van der Waals surface area (Å²) in [5.41, 5.74) is 1.09. The van der Waals surface area contributed by atoms with Crippen LogP contribution >= 0.6 is 23.5 Å². The van der Waals surface area contributed by atoms with Gasteiger partial charge in [0.15, 0.2) is 0 Å². The third-order valence-electron chi connectivity index (χ3n) is 16.5. The quantitative estimate of drug-likeness (QED) is 0.0333. The molecule has 0 bridgehead atoms. The first-order chi connectivity index (χ1) is 40.0. The number of hydrogen-bond donors (Lipinski definition) is 9. The van der Waals surface area contributed by atoms with Gasteiger partial charge in [-0.05, 0) is 153 Å². The minimum atomic E-state index is -3.67. The molecule has 85 heavy (non-hydrogen) atoms. The Morgan fingerprint density at radius 1 is 0.553 bits per heavy atom. The summed E-state index contributed by atoms with van der Waals surface area (Å²) in [6.07, 6.45) is 10.1. The number of phenolic OH excluding ortho intramolecular Hbond substituents is 2. The van der Waals surface area contributed by atoms with E-state index >= 15 is 0 Å². The van der Waals surface area contributed by atoms with Gasteiger partial charge in [-0.2, -0.15) is 8.42 Å². The first kappa shape index (κ1) is 68.9. The van der Waals surface area contributed by atoms with Crippen LogP contribution in [0.2, 0.25) is 0 Å². The number of likely N-dealkylation sites (tertiary alicyclic amines) is 2. The lowest BCUT2D eigenvalue weighted by Crippen LogP contribution is -2.60. The molecule has 4 amide bonds. The number of rotatable bonds is 18. The Balaban J connectivity index is 0.000000252. The highest BCUT2D eigenvalue weighted by molar-refractivity contribution is 7.99. The van der Waals surface area contributed by atoms with Gasteiger partial charge >= 0.3 is 0 Å². The smallest absolute Gasteiger partial charge is 0.261 e. The predicted molar refractivity (Wildman–Crippen MR) is 339 cm³/mol. The minimum absolute atomic E-state index is 0.0124. The molecule has 9 N–H and O–H groups in total. The number of benzene rings is 4. The normalized spacial score (nSPS) is 22.4. The standard InChI is InChI=1S/2C32H45N3O4S.CH4O3S/c2*1-21-25(15-10-16-28(21)36)30(38)33-26(20-40-24-13-6-5-7-14-24)29(37)19-35-18-23-12-9-8-11-22(23)17-27(35)31(39)34-32(2,3)4;1-5(2,3)4/h2*5-7,10,13-16,22-23,26-27,29,36-37H,8-9,11-12,17-20H2,1-4H3,(H,33,38)(H,34,39);1H3,(H,2,3,4)/t2*22-,23+,26-,27?,29+;/m00./s1. The van der Waals surface area contributed by atoms with Crippen molar-refractivity contribution in [2.75, 3.05) is 43.9 Å². The lowest BCUT2D eigenvalue weighted by molar-refractivity contribution is -0.133. The maximum Gasteiger partial charge on any atom is 0.261 e. The van der Waals surface area contributed by atoms with Crippen molar-refractivity contribution in [1.82, 2.24) is 31.1 Å². The van der Waals surface area contributed by atoms with E-state index in [4.69, 9.17) is 4.55 Å². The van der Waals surface area contributed by atoms with E-state index in [0.717, 1.165) is 61.4 Å². The number of aliphatic hydroxyl groups is 2. The fourth-order valence-electron chi connectivity index (χ4n) is 12.1. The van der Waals surface area contributed by atoms with Crippen molar-refractivity contribution in [2.24, 2.45) is 23.7 Å². The number of phenols is 2. The van der Waals surface area contributed by atoms with E-state index in [1.807, 2.05) is 102 Å². The minimum Gasteiger partial charge on any atom is -0.508 e. The Morgan fingerprint density at radius 2 is 0.882 bits per heavy atom. The first-order valence-electron chi connectivity index (χ1n) is 30.0. The van der Waals surface area contributed by atoms with Gasteiger partial charge in [-0.25, -0.2) is 0 Å². The van der Waals surface area contributed by atoms with Crippen LogP contribution in [0.3, 0.4) is 0 Å². The SMILES string of the molecule is CS(=O)(=O)O.Cc1c(O)cccc1C(=O)N[C@@H](CSc1ccccc1)[C@H](O)CN1C[C@H]2CCCC[C@H]2CC1C(=O)NC(C)(C)C.Cc1c(O)cccc1C(=O)N[C@@H](CSc1ccccc1)[C@H](O)CN1C[C@H]2CCCC[C@H]2CC1C(=O)NC(C)(C)C. The van der Waals surface area contributed by atoms with Gasteiger partial charge in [0.05, 0.1) is 42.6 Å². The van der Waals surface area contributed by atoms with Gasteiger partial charge < -0.3 is 41.7 Å². The molecule has 0 spiro atoms. The number of fused-ring (bicyclic) bond motifs is 2. The summed E-state index contributed by atoms with van der Waals surface area (Å²) >= 11 is 3.15. The van der Waals surface area contributed by atoms with Crippen LogP contribution in [0.1, 0.15) is 138 Å². The molecule has 20 heteroatoms. The maximum absolute atomic E-state index is 13.5. The summed E-state index contributed by atoms with van der Waals surface area (Å²) in [6.45, 7) is 17.5. The number of thioether (sulfide) groups is 2. The Labute approximate surface area is 513 Å². The summed E-state index contributed by atoms with van der Waals surface area (Å²) in [5.74, 6) is 2.54. The number of carbonyl (C=O) groups is 4. The van der Waals surface area contributed by atoms with Crippen molar-refractivity contribution >= 4 is 57.3 Å². The maximum atomic E-state index is 13.5. The number of amides is 4. The van der Waals surface area contributed by atoms with Gasteiger partial charge in [0, 0.05) is 80.8 Å². The third-order valence-corrected chi connectivity index (χ3v) is 18.7. The van der Waals surface area contributed by atoms with Crippen LogP contribution in [0, 0.1) is 37.5 Å². The van der Waals surface area contributed by atoms with E-state index in [9.17, 15) is 48.0 Å². The third kappa shape index (κ3) is 22.2. The van der Waals surface area contributed by atoms with Crippen LogP contribution in [-0.2, 0) is 19.7 Å². The van der Waals surface area contributed by atoms with E-state index in [0.29, 0.717) is 76.8 Å². The Kier molecular flexibility index (Phi) is 25.7. The van der Waals surface area contributed by atoms with Gasteiger partial charge in [-0.1, -0.05) is 87.1 Å². The molecule has 2 aliphatic heterocycles. The monoisotopic (exact) mass is 1230 g/mol. The molecule has 4 aromatic rings. The zero-order chi connectivity index (χ0) is 62.2. The van der Waals surface area contributed by atoms with E-state index in [-0.39, 0.29) is 58.3 Å². The molecule has 2 aliphatic carbocycles. The van der Waals surface area contributed by atoms with Crippen molar-refractivity contribution in [3.63, 3.8) is 0 Å². The molecule has 8 rings (SSSR count). The molecule has 10 atom stereocenters. The molecular weight excluding hydrogens is 1140 g/mol. The highest BCUT2D eigenvalue weighted by Gasteiger charge is 2.44. The van der Waals surface area contributed by atoms with Crippen LogP contribution in [0.4, 0.5) is 0 Å². The summed E-state index contributed by atoms with van der Waals surface area (Å²) in [7, 11) is -3.67. The van der Waals surface area contributed by atoms with Crippen molar-refractivity contribution in [3.05, 3.63) is 119 Å². The van der Waals surface area contributed by atoms with Crippen LogP contribution in [-0.4, -0.2) is 158 Å². The van der Waals surface area contributed by atoms with E-state index in [1.54, 1.807) is 73.8 Å². The van der Waals surface area contributed by atoms with E-state index in [2.05, 4.69) is 31.1 Å². The number of nitrogens with zero attached hydrogens (tertiary/aromatic N) is 2. The van der Waals surface area contributed by atoms with Crippen LogP contribution in [0.25, 0.3) is 0 Å². The molecule has 2 saturated carbocycles. The number of nitrogens with one attached hydrogen (secondary N) is 4. The Bertz CT molecular complexity index is 2740. The molecule has 2 unspecified atom stereocenters. The van der Waals surface area contributed by atoms with Crippen molar-refractivity contribution in [1.29, 1.82) is 0 Å². The molecule has 2 heterocycles. The second-order valence-corrected chi connectivity index (χ2v) is 29.3. The topological polar surface area (TPSA) is 258 Å². The van der Waals surface area contributed by atoms with Crippen molar-refractivity contribution in [3.8, 4) is 11.5 Å². The molecule has 4 fully saturated rings. The van der Waals surface area contributed by atoms with Gasteiger partial charge in [0.1, 0.15) is 11.5 Å². The molecule has 17 nitrogen and oxygen atoms in total. The zero-order valence-corrected chi connectivity index (χ0v) is 53.6. The van der Waals surface area contributed by atoms with Gasteiger partial charge in [-0.15, -0.1) is 23.5 Å². The Hall–Kier alpha value is -5.19. The molecule has 0 aromatic heterocycles. The van der Waals surface area contributed by atoms with Gasteiger partial charge in [0.2, 0.25) is 11.8 Å². The lowest BCUT2D eigenvalue weighted by Gasteiger charge is -2.47. The first-order valence-corrected chi connectivity index (χ1v) is 33.8. The summed E-state index contributed by atoms with van der Waals surface area (Å²) in [6, 6.07) is 27.9. The van der Waals surface area contributed by atoms with Crippen molar-refractivity contribution < 1.29 is 52.6 Å². The second-order valence-electron chi connectivity index (χ2n) is 25.7. The largest absolute Gasteiger partial charge is 0.508 e. The second kappa shape index (κ2) is 31.6. The fraction of sp³-hybridized carbons (Fsp3) is 0.569. The highest BCUT2D eigenvalue weighted by Crippen LogP contribution is 2.41. The molecule has 468 valence electrons. The summed E-state index contributed by atoms with van der Waals surface area (Å²) in [4.78, 5) is 60.0. The molecule has 2 saturated heterocycles. The fourth-order valence-corrected chi connectivity index (χ4v) is 14.2. The lowest BCUT2D eigenvalue weighted by atomic mass is 9.72. The molecule has 0 radical (unpaired) electrons. The summed E-state index contributed by atoms with van der Waals surface area (Å²) < 4.78 is 25.9. The average molecular weight is 1230 g/mol. The van der Waals surface area contributed by atoms with Crippen LogP contribution in [0.15, 0.2) is 107 Å². The molecule has 4 aliphatic rings. The van der Waals surface area contributed by atoms with Crippen LogP contribution < -0.4 is 21.3 Å². The van der Waals surface area contributed by atoms with Crippen molar-refractivity contribution in [2.45, 2.75) is 177 Å². The van der Waals surface area contributed by atoms with Gasteiger partial charge in [-0.3, -0.25) is 33.5 Å². The summed E-state index contributed by atoms with van der Waals surface area (Å²) in [5, 5.41) is 56.0. The van der Waals surface area contributed by atoms with E-state index < -0.39 is 34.4 Å². The zero-order valence-electron chi connectivity index (χ0n) is 51.1. The molecular formula is C65H94N6O11S3. The Morgan fingerprint density at radius 3 is 1.21 bits per heavy atom. The highest BCUT2D eigenvalue weighted by atomic mass is 32.2. The molecule has 4 aromatic carbocycles.